The van der Waals surface area contributed by atoms with Crippen molar-refractivity contribution in [2.45, 2.75) is 58.3 Å². The number of halogens is 2. The van der Waals surface area contributed by atoms with Crippen molar-refractivity contribution < 1.29 is 23.8 Å². The van der Waals surface area contributed by atoms with E-state index < -0.39 is 5.97 Å². The molecule has 0 amide bonds. The zero-order chi connectivity index (χ0) is 30.1. The third-order valence-electron chi connectivity index (χ3n) is 8.11. The SMILES string of the molecule is CCn1cncc1C(=O)c1c(CN2CCN(C3CCCC(OCc4ccc(Cl)cc4F)N3)CC2)nc2sc(C(=O)O)cn12. The van der Waals surface area contributed by atoms with Crippen molar-refractivity contribution >= 4 is 39.7 Å². The van der Waals surface area contributed by atoms with E-state index in [1.165, 1.54) is 12.3 Å². The fraction of sp³-hybridized carbons (Fsp3) is 0.448. The average molecular weight is 630 g/mol. The van der Waals surface area contributed by atoms with Crippen LogP contribution in [-0.2, 0) is 24.4 Å². The third-order valence-corrected chi connectivity index (χ3v) is 9.31. The van der Waals surface area contributed by atoms with E-state index in [1.54, 1.807) is 33.6 Å². The lowest BCUT2D eigenvalue weighted by atomic mass is 10.1. The molecule has 11 nitrogen and oxygen atoms in total. The predicted octanol–water partition coefficient (Wildman–Crippen LogP) is 4.09. The zero-order valence-electron chi connectivity index (χ0n) is 23.7. The van der Waals surface area contributed by atoms with E-state index in [-0.39, 0.29) is 35.5 Å². The summed E-state index contributed by atoms with van der Waals surface area (Å²) in [7, 11) is 0. The monoisotopic (exact) mass is 629 g/mol. The lowest BCUT2D eigenvalue weighted by Gasteiger charge is -2.42. The standard InChI is InChI=1S/C29H33ClFN7O4S/c1-2-36-17-32-13-22(36)27(39)26-21(33-29-38(26)15-23(43-29)28(40)41)14-35-8-10-37(11-9-35)24-4-3-5-25(34-24)42-16-18-6-7-19(30)12-20(18)31/h6-7,12-13,15,17,24-25,34H,2-5,8-11,14,16H2,1H3,(H,40,41). The van der Waals surface area contributed by atoms with Gasteiger partial charge in [-0.25, -0.2) is 19.2 Å². The molecule has 0 bridgehead atoms. The van der Waals surface area contributed by atoms with Gasteiger partial charge in [-0.3, -0.25) is 24.3 Å². The summed E-state index contributed by atoms with van der Waals surface area (Å²) in [4.78, 5) is 39.5. The average Bonchev–Trinajstić information content (AvgIpc) is 3.72. The molecule has 2 aliphatic rings. The molecule has 2 fully saturated rings. The van der Waals surface area contributed by atoms with E-state index in [2.05, 4.69) is 20.1 Å². The fourth-order valence-corrected chi connectivity index (χ4v) is 6.79. The maximum Gasteiger partial charge on any atom is 0.347 e. The lowest BCUT2D eigenvalue weighted by Crippen LogP contribution is -2.58. The number of rotatable bonds is 10. The number of carboxylic acid groups (broad SMARTS) is 1. The number of piperidine rings is 1. The number of ether oxygens (including phenoxy) is 1. The maximum absolute atomic E-state index is 14.2. The summed E-state index contributed by atoms with van der Waals surface area (Å²) in [6.45, 7) is 6.40. The van der Waals surface area contributed by atoms with Crippen LogP contribution in [0.3, 0.4) is 0 Å². The molecule has 0 spiro atoms. The van der Waals surface area contributed by atoms with E-state index >= 15 is 0 Å². The van der Waals surface area contributed by atoms with Crippen molar-refractivity contribution in [1.29, 1.82) is 0 Å². The number of aromatic carboxylic acids is 1. The first kappa shape index (κ1) is 29.9. The van der Waals surface area contributed by atoms with Gasteiger partial charge in [0.25, 0.3) is 0 Å². The third kappa shape index (κ3) is 6.37. The highest BCUT2D eigenvalue weighted by molar-refractivity contribution is 7.18. The number of piperazine rings is 1. The number of aromatic nitrogens is 4. The minimum atomic E-state index is -1.05. The van der Waals surface area contributed by atoms with Gasteiger partial charge in [-0.05, 0) is 38.3 Å². The van der Waals surface area contributed by atoms with Crippen LogP contribution < -0.4 is 5.32 Å². The Kier molecular flexibility index (Phi) is 8.89. The number of carbonyl (C=O) groups excluding carboxylic acids is 1. The molecule has 2 unspecified atom stereocenters. The first-order valence-corrected chi connectivity index (χ1v) is 15.6. The van der Waals surface area contributed by atoms with Gasteiger partial charge < -0.3 is 14.4 Å². The first-order valence-electron chi connectivity index (χ1n) is 14.4. The van der Waals surface area contributed by atoms with Crippen LogP contribution in [0.15, 0.2) is 36.9 Å². The van der Waals surface area contributed by atoms with Gasteiger partial charge in [-0.1, -0.05) is 29.0 Å². The molecule has 2 saturated heterocycles. The van der Waals surface area contributed by atoms with Crippen molar-refractivity contribution in [3.8, 4) is 0 Å². The molecule has 14 heteroatoms. The number of ketones is 1. The summed E-state index contributed by atoms with van der Waals surface area (Å²) in [5.41, 5.74) is 1.93. The highest BCUT2D eigenvalue weighted by Crippen LogP contribution is 2.26. The highest BCUT2D eigenvalue weighted by atomic mass is 35.5. The van der Waals surface area contributed by atoms with Gasteiger partial charge in [0, 0.05) is 56.1 Å². The molecule has 2 aliphatic heterocycles. The molecule has 0 saturated carbocycles. The van der Waals surface area contributed by atoms with Crippen molar-refractivity contribution in [2.24, 2.45) is 0 Å². The molecule has 3 aromatic heterocycles. The number of benzene rings is 1. The Bertz CT molecular complexity index is 1630. The van der Waals surface area contributed by atoms with Gasteiger partial charge >= 0.3 is 5.97 Å². The van der Waals surface area contributed by atoms with Gasteiger partial charge in [-0.2, -0.15) is 0 Å². The van der Waals surface area contributed by atoms with Gasteiger partial charge in [0.05, 0.1) is 31.0 Å². The molecule has 4 aromatic rings. The molecule has 5 heterocycles. The zero-order valence-corrected chi connectivity index (χ0v) is 25.3. The topological polar surface area (TPSA) is 117 Å². The molecule has 0 aliphatic carbocycles. The largest absolute Gasteiger partial charge is 0.477 e. The predicted molar refractivity (Wildman–Crippen MR) is 159 cm³/mol. The highest BCUT2D eigenvalue weighted by Gasteiger charge is 2.31. The van der Waals surface area contributed by atoms with Crippen LogP contribution in [0.2, 0.25) is 5.02 Å². The molecule has 2 atom stereocenters. The summed E-state index contributed by atoms with van der Waals surface area (Å²) in [6.07, 6.45) is 7.51. The summed E-state index contributed by atoms with van der Waals surface area (Å²) >= 11 is 6.92. The molecule has 228 valence electrons. The van der Waals surface area contributed by atoms with Gasteiger partial charge in [0.2, 0.25) is 5.78 Å². The van der Waals surface area contributed by atoms with Crippen LogP contribution in [0.1, 0.15) is 63.3 Å². The summed E-state index contributed by atoms with van der Waals surface area (Å²) < 4.78 is 23.6. The lowest BCUT2D eigenvalue weighted by molar-refractivity contribution is -0.0458. The smallest absolute Gasteiger partial charge is 0.347 e. The minimum absolute atomic E-state index is 0.126. The first-order chi connectivity index (χ1) is 20.8. The van der Waals surface area contributed by atoms with Crippen LogP contribution in [-0.4, -0.2) is 84.2 Å². The van der Waals surface area contributed by atoms with Crippen molar-refractivity contribution in [3.05, 3.63) is 75.3 Å². The summed E-state index contributed by atoms with van der Waals surface area (Å²) in [5.74, 6) is -1.64. The fourth-order valence-electron chi connectivity index (χ4n) is 5.79. The molecule has 1 aromatic carbocycles. The Morgan fingerprint density at radius 1 is 1.23 bits per heavy atom. The number of hydrogen-bond acceptors (Lipinski definition) is 9. The van der Waals surface area contributed by atoms with Crippen molar-refractivity contribution in [1.82, 2.24) is 34.1 Å². The molecule has 6 rings (SSSR count). The number of imidazole rings is 2. The van der Waals surface area contributed by atoms with E-state index in [9.17, 15) is 19.1 Å². The number of thiazole rings is 1. The second kappa shape index (κ2) is 12.8. The molecular formula is C29H33ClFN7O4S. The Morgan fingerprint density at radius 3 is 2.79 bits per heavy atom. The maximum atomic E-state index is 14.2. The van der Waals surface area contributed by atoms with Crippen LogP contribution in [0.4, 0.5) is 4.39 Å². The number of aryl methyl sites for hydroxylation is 1. The Balaban J connectivity index is 1.10. The van der Waals surface area contributed by atoms with E-state index in [1.807, 2.05) is 6.92 Å². The molecule has 43 heavy (non-hydrogen) atoms. The second-order valence-electron chi connectivity index (χ2n) is 10.8. The van der Waals surface area contributed by atoms with E-state index in [0.717, 1.165) is 56.8 Å². The van der Waals surface area contributed by atoms with E-state index in [4.69, 9.17) is 21.3 Å². The van der Waals surface area contributed by atoms with Gasteiger partial charge in [0.15, 0.2) is 4.96 Å². The van der Waals surface area contributed by atoms with Crippen LogP contribution in [0.25, 0.3) is 4.96 Å². The number of carboxylic acids is 1. The molecule has 2 N–H and O–H groups in total. The van der Waals surface area contributed by atoms with Crippen molar-refractivity contribution in [3.63, 3.8) is 0 Å². The minimum Gasteiger partial charge on any atom is -0.477 e. The normalized spacial score (nSPS) is 20.2. The van der Waals surface area contributed by atoms with Crippen LogP contribution in [0, 0.1) is 5.82 Å². The molecule has 0 radical (unpaired) electrons. The number of nitrogens with one attached hydrogen (secondary N) is 1. The summed E-state index contributed by atoms with van der Waals surface area (Å²) in [6, 6.07) is 4.62. The Hall–Kier alpha value is -3.20. The Labute approximate surface area is 256 Å². The Morgan fingerprint density at radius 2 is 2.05 bits per heavy atom. The number of hydrogen-bond donors (Lipinski definition) is 2. The second-order valence-corrected chi connectivity index (χ2v) is 12.3. The van der Waals surface area contributed by atoms with Crippen LogP contribution in [0.5, 0.6) is 0 Å². The van der Waals surface area contributed by atoms with Crippen molar-refractivity contribution in [2.75, 3.05) is 26.2 Å². The van der Waals surface area contributed by atoms with E-state index in [0.29, 0.717) is 45.7 Å². The van der Waals surface area contributed by atoms with Gasteiger partial charge in [0.1, 0.15) is 28.3 Å². The van der Waals surface area contributed by atoms with Gasteiger partial charge in [-0.15, -0.1) is 0 Å². The quantitative estimate of drug-likeness (QED) is 0.250. The molecular weight excluding hydrogens is 597 g/mol. The number of fused-ring (bicyclic) bond motifs is 1. The van der Waals surface area contributed by atoms with Crippen LogP contribution >= 0.6 is 22.9 Å². The number of carbonyl (C=O) groups is 2. The summed E-state index contributed by atoms with van der Waals surface area (Å²) in [5, 5.41) is 13.5. The number of nitrogens with zero attached hydrogens (tertiary/aromatic N) is 6.